The van der Waals surface area contributed by atoms with Gasteiger partial charge in [-0.3, -0.25) is 4.79 Å². The first-order chi connectivity index (χ1) is 11.4. The van der Waals surface area contributed by atoms with E-state index in [0.717, 1.165) is 17.3 Å². The minimum absolute atomic E-state index is 0.0106. The van der Waals surface area contributed by atoms with E-state index in [1.807, 2.05) is 26.8 Å². The fourth-order valence-electron chi connectivity index (χ4n) is 2.07. The Bertz CT molecular complexity index is 688. The molecule has 0 saturated heterocycles. The van der Waals surface area contributed by atoms with Crippen molar-refractivity contribution < 1.29 is 14.3 Å². The lowest BCUT2D eigenvalue weighted by Gasteiger charge is -2.16. The van der Waals surface area contributed by atoms with E-state index < -0.39 is 0 Å². The third-order valence-electron chi connectivity index (χ3n) is 3.30. The van der Waals surface area contributed by atoms with Gasteiger partial charge in [-0.1, -0.05) is 15.9 Å². The first-order valence-corrected chi connectivity index (χ1v) is 8.79. The number of hydrogen-bond acceptors (Lipinski definition) is 4. The highest BCUT2D eigenvalue weighted by Crippen LogP contribution is 2.35. The van der Waals surface area contributed by atoms with Crippen molar-refractivity contribution in [3.05, 3.63) is 27.7 Å². The van der Waals surface area contributed by atoms with Crippen molar-refractivity contribution >= 4 is 27.9 Å². The number of benzene rings is 1. The largest absolute Gasteiger partial charge is 0.490 e. The number of nitriles is 1. The molecule has 0 atom stereocenters. The molecule has 1 aromatic rings. The molecule has 1 aromatic carbocycles. The van der Waals surface area contributed by atoms with Crippen LogP contribution in [0.5, 0.6) is 11.5 Å². The van der Waals surface area contributed by atoms with Crippen LogP contribution in [0.3, 0.4) is 0 Å². The number of carbonyl (C=O) groups is 1. The van der Waals surface area contributed by atoms with Gasteiger partial charge in [0.25, 0.3) is 5.91 Å². The summed E-state index contributed by atoms with van der Waals surface area (Å²) in [5, 5.41) is 12.1. The Kier molecular flexibility index (Phi) is 6.27. The average Bonchev–Trinajstić information content (AvgIpc) is 3.32. The van der Waals surface area contributed by atoms with Crippen LogP contribution >= 0.6 is 15.9 Å². The van der Waals surface area contributed by atoms with Gasteiger partial charge in [-0.15, -0.1) is 0 Å². The molecule has 1 N–H and O–H groups in total. The van der Waals surface area contributed by atoms with Crippen LogP contribution < -0.4 is 14.8 Å². The molecule has 5 nitrogen and oxygen atoms in total. The maximum absolute atomic E-state index is 12.1. The molecule has 2 rings (SSSR count). The molecular weight excluding hydrogens is 372 g/mol. The Balaban J connectivity index is 2.33. The van der Waals surface area contributed by atoms with Crippen molar-refractivity contribution in [1.29, 1.82) is 5.26 Å². The molecule has 128 valence electrons. The molecule has 1 amide bonds. The molecular formula is C18H21BrN2O3. The maximum Gasteiger partial charge on any atom is 0.262 e. The van der Waals surface area contributed by atoms with Crippen LogP contribution in [-0.4, -0.2) is 24.7 Å². The predicted molar refractivity (Wildman–Crippen MR) is 95.8 cm³/mol. The van der Waals surface area contributed by atoms with Crippen molar-refractivity contribution in [3.63, 3.8) is 0 Å². The second-order valence-electron chi connectivity index (χ2n) is 5.84. The minimum atomic E-state index is -0.340. The van der Waals surface area contributed by atoms with E-state index in [9.17, 15) is 10.1 Å². The van der Waals surface area contributed by atoms with Gasteiger partial charge in [0.15, 0.2) is 11.5 Å². The van der Waals surface area contributed by atoms with Crippen molar-refractivity contribution in [3.8, 4) is 17.6 Å². The number of rotatable bonds is 7. The monoisotopic (exact) mass is 392 g/mol. The normalized spacial score (nSPS) is 14.2. The third kappa shape index (κ3) is 5.00. The molecule has 0 unspecified atom stereocenters. The Morgan fingerprint density at radius 2 is 2.17 bits per heavy atom. The topological polar surface area (TPSA) is 71.3 Å². The van der Waals surface area contributed by atoms with E-state index in [2.05, 4.69) is 21.2 Å². The van der Waals surface area contributed by atoms with Gasteiger partial charge in [0.05, 0.1) is 12.7 Å². The summed E-state index contributed by atoms with van der Waals surface area (Å²) >= 11 is 3.47. The van der Waals surface area contributed by atoms with Gasteiger partial charge in [0.1, 0.15) is 11.6 Å². The van der Waals surface area contributed by atoms with Crippen LogP contribution in [0.25, 0.3) is 6.08 Å². The lowest BCUT2D eigenvalue weighted by atomic mass is 10.1. The van der Waals surface area contributed by atoms with Gasteiger partial charge in [-0.05, 0) is 57.4 Å². The average molecular weight is 393 g/mol. The molecule has 0 aliphatic heterocycles. The predicted octanol–water partition coefficient (Wildman–Crippen LogP) is 3.82. The number of carbonyl (C=O) groups excluding carboxylic acids is 1. The lowest BCUT2D eigenvalue weighted by molar-refractivity contribution is -0.117. The number of amides is 1. The molecule has 1 aliphatic carbocycles. The molecule has 1 fully saturated rings. The second kappa shape index (κ2) is 8.20. The minimum Gasteiger partial charge on any atom is -0.490 e. The lowest BCUT2D eigenvalue weighted by Crippen LogP contribution is -2.26. The molecule has 0 spiro atoms. The van der Waals surface area contributed by atoms with Crippen LogP contribution in [0.1, 0.15) is 39.2 Å². The Hall–Kier alpha value is -2.00. The smallest absolute Gasteiger partial charge is 0.262 e. The van der Waals surface area contributed by atoms with E-state index in [4.69, 9.17) is 9.47 Å². The summed E-state index contributed by atoms with van der Waals surface area (Å²) in [6.07, 6.45) is 3.52. The molecule has 0 radical (unpaired) electrons. The Morgan fingerprint density at radius 3 is 2.71 bits per heavy atom. The first-order valence-electron chi connectivity index (χ1n) is 8.00. The zero-order valence-corrected chi connectivity index (χ0v) is 15.6. The Morgan fingerprint density at radius 1 is 1.46 bits per heavy atom. The molecule has 0 aromatic heterocycles. The van der Waals surface area contributed by atoms with Crippen molar-refractivity contribution in [2.24, 2.45) is 0 Å². The molecule has 0 heterocycles. The summed E-state index contributed by atoms with van der Waals surface area (Å²) in [6, 6.07) is 5.74. The number of halogens is 1. The molecule has 0 bridgehead atoms. The summed E-state index contributed by atoms with van der Waals surface area (Å²) in [4.78, 5) is 12.1. The highest BCUT2D eigenvalue weighted by molar-refractivity contribution is 9.10. The van der Waals surface area contributed by atoms with Crippen LogP contribution in [0, 0.1) is 11.3 Å². The standard InChI is InChI=1S/C18H21BrN2O3/c1-4-23-16-8-12(15(19)9-17(16)24-11(2)3)7-13(10-20)18(22)21-14-5-6-14/h7-9,11,14H,4-6H2,1-3H3,(H,21,22)/b13-7+. The number of hydrogen-bond donors (Lipinski definition) is 1. The number of nitrogens with one attached hydrogen (secondary N) is 1. The van der Waals surface area contributed by atoms with E-state index >= 15 is 0 Å². The number of nitrogens with zero attached hydrogens (tertiary/aromatic N) is 1. The summed E-state index contributed by atoms with van der Waals surface area (Å²) in [6.45, 7) is 6.26. The van der Waals surface area contributed by atoms with Crippen molar-refractivity contribution in [1.82, 2.24) is 5.32 Å². The van der Waals surface area contributed by atoms with Crippen LogP contribution in [0.2, 0.25) is 0 Å². The van der Waals surface area contributed by atoms with Crippen molar-refractivity contribution in [2.75, 3.05) is 6.61 Å². The fourth-order valence-corrected chi connectivity index (χ4v) is 2.51. The van der Waals surface area contributed by atoms with E-state index in [1.54, 1.807) is 18.2 Å². The van der Waals surface area contributed by atoms with Crippen molar-refractivity contribution in [2.45, 2.75) is 45.8 Å². The van der Waals surface area contributed by atoms with Crippen LogP contribution in [0.15, 0.2) is 22.2 Å². The summed E-state index contributed by atoms with van der Waals surface area (Å²) in [7, 11) is 0. The molecule has 6 heteroatoms. The molecule has 1 aliphatic rings. The van der Waals surface area contributed by atoms with Crippen LogP contribution in [0.4, 0.5) is 0 Å². The van der Waals surface area contributed by atoms with E-state index in [1.165, 1.54) is 0 Å². The Labute approximate surface area is 150 Å². The highest BCUT2D eigenvalue weighted by Gasteiger charge is 2.25. The molecule has 24 heavy (non-hydrogen) atoms. The SMILES string of the molecule is CCOc1cc(/C=C(\C#N)C(=O)NC2CC2)c(Br)cc1OC(C)C. The fraction of sp³-hybridized carbons (Fsp3) is 0.444. The number of ether oxygens (including phenoxy) is 2. The maximum atomic E-state index is 12.1. The zero-order chi connectivity index (χ0) is 17.7. The highest BCUT2D eigenvalue weighted by atomic mass is 79.9. The van der Waals surface area contributed by atoms with Crippen LogP contribution in [-0.2, 0) is 4.79 Å². The summed E-state index contributed by atoms with van der Waals surface area (Å²) in [5.74, 6) is 0.865. The summed E-state index contributed by atoms with van der Waals surface area (Å²) in [5.41, 5.74) is 0.764. The third-order valence-corrected chi connectivity index (χ3v) is 3.99. The summed E-state index contributed by atoms with van der Waals surface area (Å²) < 4.78 is 12.1. The van der Waals surface area contributed by atoms with Gasteiger partial charge in [0, 0.05) is 10.5 Å². The van der Waals surface area contributed by atoms with Gasteiger partial charge in [-0.2, -0.15) is 5.26 Å². The van der Waals surface area contributed by atoms with E-state index in [-0.39, 0.29) is 23.6 Å². The van der Waals surface area contributed by atoms with E-state index in [0.29, 0.717) is 23.7 Å². The second-order valence-corrected chi connectivity index (χ2v) is 6.69. The first kappa shape index (κ1) is 18.3. The van der Waals surface area contributed by atoms with Gasteiger partial charge in [-0.25, -0.2) is 0 Å². The molecule has 1 saturated carbocycles. The van der Waals surface area contributed by atoms with Gasteiger partial charge in [0.2, 0.25) is 0 Å². The van der Waals surface area contributed by atoms with Gasteiger partial charge >= 0.3 is 0 Å². The quantitative estimate of drug-likeness (QED) is 0.565. The zero-order valence-electron chi connectivity index (χ0n) is 14.1. The van der Waals surface area contributed by atoms with Gasteiger partial charge < -0.3 is 14.8 Å².